The van der Waals surface area contributed by atoms with Gasteiger partial charge >= 0.3 is 0 Å². The second-order valence-electron chi connectivity index (χ2n) is 6.17. The van der Waals surface area contributed by atoms with Gasteiger partial charge in [-0.3, -0.25) is 9.10 Å². The summed E-state index contributed by atoms with van der Waals surface area (Å²) in [5.41, 5.74) is 0.137. The van der Waals surface area contributed by atoms with E-state index >= 15 is 0 Å². The molecule has 7 nitrogen and oxygen atoms in total. The predicted molar refractivity (Wildman–Crippen MR) is 108 cm³/mol. The topological polar surface area (TPSA) is 84.9 Å². The molecule has 1 aliphatic heterocycles. The Morgan fingerprint density at radius 2 is 1.93 bits per heavy atom. The largest absolute Gasteiger partial charge is 0.486 e. The van der Waals surface area contributed by atoms with Gasteiger partial charge in [-0.25, -0.2) is 8.42 Å². The second-order valence-corrected chi connectivity index (χ2v) is 8.92. The van der Waals surface area contributed by atoms with Crippen LogP contribution in [0, 0.1) is 0 Å². The molecule has 0 aromatic heterocycles. The van der Waals surface area contributed by atoms with E-state index in [0.717, 1.165) is 10.6 Å². The van der Waals surface area contributed by atoms with E-state index in [1.165, 1.54) is 18.2 Å². The quantitative estimate of drug-likeness (QED) is 0.739. The Kier molecular flexibility index (Phi) is 6.22. The Balaban J connectivity index is 1.64. The fourth-order valence-corrected chi connectivity index (χ4v) is 3.93. The normalized spacial score (nSPS) is 15.8. The molecule has 1 atom stereocenters. The van der Waals surface area contributed by atoms with Crippen molar-refractivity contribution in [3.05, 3.63) is 52.5 Å². The average Bonchev–Trinajstić information content (AvgIpc) is 2.65. The molecule has 0 saturated carbocycles. The minimum atomic E-state index is -3.76. The molecular formula is C18H18Cl2N2O5S. The summed E-state index contributed by atoms with van der Waals surface area (Å²) >= 11 is 12.0. The molecule has 150 valence electrons. The fourth-order valence-electron chi connectivity index (χ4n) is 2.64. The molecule has 2 aromatic carbocycles. The molecule has 0 aliphatic carbocycles. The number of benzene rings is 2. The standard InChI is InChI=1S/C18H18Cl2N2O5S/c1-28(24,25)22(15-8-12(19)6-7-14(15)20)10-18(23)21-9-13-11-26-16-4-2-3-5-17(16)27-13/h2-8,13H,9-11H2,1H3,(H,21,23)/t13-/m0/s1. The van der Waals surface area contributed by atoms with Crippen LogP contribution in [0.4, 0.5) is 5.69 Å². The minimum Gasteiger partial charge on any atom is -0.486 e. The molecule has 0 bridgehead atoms. The van der Waals surface area contributed by atoms with Gasteiger partial charge in [0.05, 0.1) is 23.5 Å². The summed E-state index contributed by atoms with van der Waals surface area (Å²) < 4.78 is 36.6. The van der Waals surface area contributed by atoms with Crippen LogP contribution in [0.3, 0.4) is 0 Å². The zero-order chi connectivity index (χ0) is 20.3. The average molecular weight is 445 g/mol. The van der Waals surface area contributed by atoms with Crippen LogP contribution in [0.2, 0.25) is 10.0 Å². The SMILES string of the molecule is CS(=O)(=O)N(CC(=O)NC[C@H]1COc2ccccc2O1)c1cc(Cl)ccc1Cl. The zero-order valence-corrected chi connectivity index (χ0v) is 17.2. The lowest BCUT2D eigenvalue weighted by molar-refractivity contribution is -0.120. The predicted octanol–water partition coefficient (Wildman–Crippen LogP) is 2.72. The first-order valence-corrected chi connectivity index (χ1v) is 10.9. The first-order chi connectivity index (χ1) is 13.2. The summed E-state index contributed by atoms with van der Waals surface area (Å²) in [5, 5.41) is 3.14. The fraction of sp³-hybridized carbons (Fsp3) is 0.278. The Labute approximate surface area is 173 Å². The number of para-hydroxylation sites is 2. The summed E-state index contributed by atoms with van der Waals surface area (Å²) in [6.45, 7) is -0.00961. The Morgan fingerprint density at radius 3 is 2.64 bits per heavy atom. The van der Waals surface area contributed by atoms with E-state index in [0.29, 0.717) is 16.5 Å². The number of fused-ring (bicyclic) bond motifs is 1. The molecule has 0 spiro atoms. The number of hydrogen-bond acceptors (Lipinski definition) is 5. The molecule has 1 amide bonds. The number of amides is 1. The van der Waals surface area contributed by atoms with Crippen molar-refractivity contribution >= 4 is 44.8 Å². The number of rotatable bonds is 6. The van der Waals surface area contributed by atoms with Crippen molar-refractivity contribution in [3.8, 4) is 11.5 Å². The van der Waals surface area contributed by atoms with Crippen molar-refractivity contribution in [1.29, 1.82) is 0 Å². The summed E-state index contributed by atoms with van der Waals surface area (Å²) in [6, 6.07) is 11.6. The van der Waals surface area contributed by atoms with Crippen molar-refractivity contribution in [2.24, 2.45) is 0 Å². The van der Waals surface area contributed by atoms with Crippen LogP contribution in [0.5, 0.6) is 11.5 Å². The summed E-state index contributed by atoms with van der Waals surface area (Å²) in [6.07, 6.45) is 0.604. The van der Waals surface area contributed by atoms with Gasteiger partial charge in [0.2, 0.25) is 15.9 Å². The van der Waals surface area contributed by atoms with Crippen molar-refractivity contribution in [2.75, 3.05) is 30.3 Å². The van der Waals surface area contributed by atoms with Gasteiger partial charge in [0, 0.05) is 5.02 Å². The van der Waals surface area contributed by atoms with Crippen LogP contribution in [0.1, 0.15) is 0 Å². The number of sulfonamides is 1. The molecule has 10 heteroatoms. The van der Waals surface area contributed by atoms with Gasteiger partial charge in [-0.15, -0.1) is 0 Å². The highest BCUT2D eigenvalue weighted by Crippen LogP contribution is 2.31. The lowest BCUT2D eigenvalue weighted by Crippen LogP contribution is -2.45. The number of carbonyl (C=O) groups is 1. The van der Waals surface area contributed by atoms with E-state index in [9.17, 15) is 13.2 Å². The number of ether oxygens (including phenoxy) is 2. The van der Waals surface area contributed by atoms with Crippen molar-refractivity contribution < 1.29 is 22.7 Å². The number of hydrogen-bond donors (Lipinski definition) is 1. The van der Waals surface area contributed by atoms with Gasteiger partial charge < -0.3 is 14.8 Å². The smallest absolute Gasteiger partial charge is 0.240 e. The van der Waals surface area contributed by atoms with Crippen LogP contribution in [-0.4, -0.2) is 46.4 Å². The second kappa shape index (κ2) is 8.46. The van der Waals surface area contributed by atoms with Crippen LogP contribution in [-0.2, 0) is 14.8 Å². The van der Waals surface area contributed by atoms with Crippen LogP contribution >= 0.6 is 23.2 Å². The summed E-state index contributed by atoms with van der Waals surface area (Å²) in [5.74, 6) is 0.726. The molecule has 3 rings (SSSR count). The number of carbonyl (C=O) groups excluding carboxylic acids is 1. The highest BCUT2D eigenvalue weighted by atomic mass is 35.5. The maximum Gasteiger partial charge on any atom is 0.240 e. The molecule has 1 heterocycles. The van der Waals surface area contributed by atoms with E-state index in [-0.39, 0.29) is 30.0 Å². The maximum absolute atomic E-state index is 12.4. The first kappa shape index (κ1) is 20.6. The van der Waals surface area contributed by atoms with Gasteiger partial charge in [0.25, 0.3) is 0 Å². The van der Waals surface area contributed by atoms with Gasteiger partial charge in [-0.1, -0.05) is 35.3 Å². The molecule has 0 saturated heterocycles. The van der Waals surface area contributed by atoms with E-state index < -0.39 is 22.5 Å². The number of nitrogens with one attached hydrogen (secondary N) is 1. The lowest BCUT2D eigenvalue weighted by Gasteiger charge is -2.27. The molecule has 2 aromatic rings. The van der Waals surface area contributed by atoms with E-state index in [1.54, 1.807) is 12.1 Å². The van der Waals surface area contributed by atoms with E-state index in [4.69, 9.17) is 32.7 Å². The lowest BCUT2D eigenvalue weighted by atomic mass is 10.2. The van der Waals surface area contributed by atoms with Crippen LogP contribution in [0.25, 0.3) is 0 Å². The summed E-state index contributed by atoms with van der Waals surface area (Å²) in [4.78, 5) is 12.4. The van der Waals surface area contributed by atoms with Crippen LogP contribution < -0.4 is 19.1 Å². The van der Waals surface area contributed by atoms with E-state index in [2.05, 4.69) is 5.32 Å². The maximum atomic E-state index is 12.4. The minimum absolute atomic E-state index is 0.137. The van der Waals surface area contributed by atoms with Crippen molar-refractivity contribution in [2.45, 2.75) is 6.10 Å². The Bertz CT molecular complexity index is 984. The van der Waals surface area contributed by atoms with Gasteiger partial charge in [0.15, 0.2) is 11.5 Å². The molecule has 0 unspecified atom stereocenters. The third kappa shape index (κ3) is 5.01. The summed E-state index contributed by atoms with van der Waals surface area (Å²) in [7, 11) is -3.76. The van der Waals surface area contributed by atoms with Gasteiger partial charge in [0.1, 0.15) is 19.3 Å². The van der Waals surface area contributed by atoms with Crippen LogP contribution in [0.15, 0.2) is 42.5 Å². The molecule has 1 N–H and O–H groups in total. The zero-order valence-electron chi connectivity index (χ0n) is 14.9. The Morgan fingerprint density at radius 1 is 1.21 bits per heavy atom. The van der Waals surface area contributed by atoms with Crippen molar-refractivity contribution in [1.82, 2.24) is 5.32 Å². The third-order valence-electron chi connectivity index (χ3n) is 3.96. The highest BCUT2D eigenvalue weighted by molar-refractivity contribution is 7.92. The monoisotopic (exact) mass is 444 g/mol. The molecular weight excluding hydrogens is 427 g/mol. The molecule has 28 heavy (non-hydrogen) atoms. The van der Waals surface area contributed by atoms with Crippen molar-refractivity contribution in [3.63, 3.8) is 0 Å². The number of nitrogens with zero attached hydrogens (tertiary/aromatic N) is 1. The highest BCUT2D eigenvalue weighted by Gasteiger charge is 2.25. The molecule has 0 radical (unpaired) electrons. The molecule has 0 fully saturated rings. The third-order valence-corrected chi connectivity index (χ3v) is 5.64. The molecule has 1 aliphatic rings. The first-order valence-electron chi connectivity index (χ1n) is 8.32. The van der Waals surface area contributed by atoms with Gasteiger partial charge in [-0.05, 0) is 30.3 Å². The Hall–Kier alpha value is -2.16. The van der Waals surface area contributed by atoms with Gasteiger partial charge in [-0.2, -0.15) is 0 Å². The number of halogens is 2. The number of anilines is 1. The van der Waals surface area contributed by atoms with E-state index in [1.807, 2.05) is 12.1 Å².